The lowest BCUT2D eigenvalue weighted by Gasteiger charge is -2.21. The number of benzene rings is 6. The van der Waals surface area contributed by atoms with Crippen LogP contribution in [0, 0.1) is 0 Å². The van der Waals surface area contributed by atoms with Crippen LogP contribution in [0.15, 0.2) is 109 Å². The fraction of sp³-hybridized carbons (Fsp3) is 0.0625. The third kappa shape index (κ3) is 2.71. The van der Waals surface area contributed by atoms with Gasteiger partial charge in [-0.3, -0.25) is 0 Å². The Hall–Kier alpha value is -3.67. The van der Waals surface area contributed by atoms with Crippen LogP contribution in [0.25, 0.3) is 54.6 Å². The van der Waals surface area contributed by atoms with Gasteiger partial charge in [0.1, 0.15) is 7.14 Å². The molecule has 1 aliphatic heterocycles. The van der Waals surface area contributed by atoms with Crippen LogP contribution in [0.2, 0.25) is 0 Å². The Kier molecular flexibility index (Phi) is 4.16. The number of fused-ring (bicyclic) bond motifs is 8. The summed E-state index contributed by atoms with van der Waals surface area (Å²) in [6.45, 7) is 2.07. The monoisotopic (exact) mass is 454 g/mol. The van der Waals surface area contributed by atoms with Gasteiger partial charge in [0, 0.05) is 16.8 Å². The van der Waals surface area contributed by atoms with E-state index < -0.39 is 7.14 Å². The van der Waals surface area contributed by atoms with Gasteiger partial charge < -0.3 is 4.57 Å². The van der Waals surface area contributed by atoms with E-state index in [9.17, 15) is 0 Å². The highest BCUT2D eigenvalue weighted by atomic mass is 31.2. The zero-order valence-corrected chi connectivity index (χ0v) is 19.8. The van der Waals surface area contributed by atoms with Crippen molar-refractivity contribution < 1.29 is 4.57 Å². The standard InChI is InChI=1S/C32H23OP/c1-2-34(33)31-19-25-13-7-5-11-23(25)17-29(31)27-15-21-9-3-4-10-22(21)16-28(27)30-18-24-12-6-8-14-26(24)20-32(30)34/h3-20H,2H2,1H3. The van der Waals surface area contributed by atoms with E-state index in [2.05, 4.69) is 116 Å². The molecule has 1 heterocycles. The minimum Gasteiger partial charge on any atom is -0.314 e. The molecule has 0 spiro atoms. The second-order valence-electron chi connectivity index (χ2n) is 9.23. The molecule has 0 saturated carbocycles. The molecule has 34 heavy (non-hydrogen) atoms. The van der Waals surface area contributed by atoms with Gasteiger partial charge in [0.2, 0.25) is 0 Å². The average Bonchev–Trinajstić information content (AvgIpc) is 2.97. The first-order chi connectivity index (χ1) is 16.7. The Morgan fingerprint density at radius 1 is 0.471 bits per heavy atom. The van der Waals surface area contributed by atoms with Crippen LogP contribution in [0.1, 0.15) is 6.92 Å². The fourth-order valence-electron chi connectivity index (χ4n) is 5.64. The molecule has 0 amide bonds. The van der Waals surface area contributed by atoms with E-state index >= 15 is 4.57 Å². The Balaban J connectivity index is 1.73. The Bertz CT molecular complexity index is 1700. The van der Waals surface area contributed by atoms with Crippen molar-refractivity contribution >= 4 is 50.1 Å². The first-order valence-electron chi connectivity index (χ1n) is 11.8. The molecular weight excluding hydrogens is 431 g/mol. The van der Waals surface area contributed by atoms with Crippen molar-refractivity contribution in [2.75, 3.05) is 6.16 Å². The summed E-state index contributed by atoms with van der Waals surface area (Å²) in [5, 5.41) is 9.02. The van der Waals surface area contributed by atoms with Crippen molar-refractivity contribution in [1.29, 1.82) is 0 Å². The molecule has 0 aliphatic carbocycles. The van der Waals surface area contributed by atoms with Crippen LogP contribution in [0.3, 0.4) is 0 Å². The predicted molar refractivity (Wildman–Crippen MR) is 147 cm³/mol. The van der Waals surface area contributed by atoms with Crippen LogP contribution in [-0.4, -0.2) is 6.16 Å². The normalized spacial score (nSPS) is 13.9. The molecule has 0 saturated heterocycles. The van der Waals surface area contributed by atoms with Gasteiger partial charge in [0.05, 0.1) is 0 Å². The van der Waals surface area contributed by atoms with Crippen molar-refractivity contribution in [2.45, 2.75) is 6.92 Å². The maximum atomic E-state index is 15.1. The minimum atomic E-state index is -2.88. The maximum Gasteiger partial charge on any atom is 0.144 e. The summed E-state index contributed by atoms with van der Waals surface area (Å²) in [6.07, 6.45) is 0.594. The molecule has 0 N–H and O–H groups in total. The van der Waals surface area contributed by atoms with Crippen LogP contribution >= 0.6 is 7.14 Å². The fourth-order valence-corrected chi connectivity index (χ4v) is 8.43. The SMILES string of the molecule is CCP1(=O)c2cc3ccccc3cc2-c2cc3ccccc3cc2-c2cc3ccccc3cc21. The van der Waals surface area contributed by atoms with Gasteiger partial charge >= 0.3 is 0 Å². The summed E-state index contributed by atoms with van der Waals surface area (Å²) in [6, 6.07) is 38.8. The van der Waals surface area contributed by atoms with Crippen LogP contribution in [-0.2, 0) is 4.57 Å². The zero-order chi connectivity index (χ0) is 22.9. The van der Waals surface area contributed by atoms with Crippen LogP contribution < -0.4 is 10.6 Å². The highest BCUT2D eigenvalue weighted by Gasteiger charge is 2.35. The van der Waals surface area contributed by atoms with Crippen molar-refractivity contribution in [3.63, 3.8) is 0 Å². The third-order valence-electron chi connectivity index (χ3n) is 7.42. The van der Waals surface area contributed by atoms with Gasteiger partial charge in [-0.15, -0.1) is 0 Å². The lowest BCUT2D eigenvalue weighted by molar-refractivity contribution is 0.588. The molecule has 0 radical (unpaired) electrons. The highest BCUT2D eigenvalue weighted by Crippen LogP contribution is 2.53. The van der Waals surface area contributed by atoms with Crippen molar-refractivity contribution in [1.82, 2.24) is 0 Å². The number of rotatable bonds is 1. The maximum absolute atomic E-state index is 15.1. The molecule has 6 aromatic carbocycles. The Labute approximate surface area is 199 Å². The number of hydrogen-bond donors (Lipinski definition) is 0. The van der Waals surface area contributed by atoms with Gasteiger partial charge in [-0.2, -0.15) is 0 Å². The van der Waals surface area contributed by atoms with E-state index in [1.165, 1.54) is 32.7 Å². The molecule has 7 rings (SSSR count). The van der Waals surface area contributed by atoms with Crippen LogP contribution in [0.5, 0.6) is 0 Å². The van der Waals surface area contributed by atoms with E-state index in [0.29, 0.717) is 6.16 Å². The van der Waals surface area contributed by atoms with E-state index in [4.69, 9.17) is 0 Å². The Morgan fingerprint density at radius 3 is 1.09 bits per heavy atom. The molecule has 0 atom stereocenters. The second-order valence-corrected chi connectivity index (χ2v) is 12.3. The average molecular weight is 455 g/mol. The Morgan fingerprint density at radius 2 is 0.765 bits per heavy atom. The smallest absolute Gasteiger partial charge is 0.144 e. The van der Waals surface area contributed by atoms with E-state index in [1.54, 1.807) is 0 Å². The summed E-state index contributed by atoms with van der Waals surface area (Å²) in [5.41, 5.74) is 4.54. The zero-order valence-electron chi connectivity index (χ0n) is 19.0. The van der Waals surface area contributed by atoms with Gasteiger partial charge in [-0.05, 0) is 91.0 Å². The second kappa shape index (κ2) is 7.16. The summed E-state index contributed by atoms with van der Waals surface area (Å²) >= 11 is 0. The molecular formula is C32H23OP. The third-order valence-corrected chi connectivity index (χ3v) is 10.6. The van der Waals surface area contributed by atoms with Gasteiger partial charge in [-0.1, -0.05) is 79.7 Å². The van der Waals surface area contributed by atoms with Crippen molar-refractivity contribution in [3.8, 4) is 22.3 Å². The van der Waals surface area contributed by atoms with E-state index in [-0.39, 0.29) is 0 Å². The molecule has 162 valence electrons. The quantitative estimate of drug-likeness (QED) is 0.229. The molecule has 0 aromatic heterocycles. The summed E-state index contributed by atoms with van der Waals surface area (Å²) in [7, 11) is -2.88. The molecule has 0 fully saturated rings. The summed E-state index contributed by atoms with van der Waals surface area (Å²) in [5.74, 6) is 0. The molecule has 1 nitrogen and oxygen atoms in total. The molecule has 2 heteroatoms. The molecule has 6 aromatic rings. The topological polar surface area (TPSA) is 17.1 Å². The summed E-state index contributed by atoms with van der Waals surface area (Å²) in [4.78, 5) is 0. The predicted octanol–water partition coefficient (Wildman–Crippen LogP) is 8.13. The van der Waals surface area contributed by atoms with E-state index in [0.717, 1.165) is 32.5 Å². The largest absolute Gasteiger partial charge is 0.314 e. The van der Waals surface area contributed by atoms with Gasteiger partial charge in [0.15, 0.2) is 0 Å². The van der Waals surface area contributed by atoms with Crippen LogP contribution in [0.4, 0.5) is 0 Å². The van der Waals surface area contributed by atoms with Crippen molar-refractivity contribution in [3.05, 3.63) is 109 Å². The first-order valence-corrected chi connectivity index (χ1v) is 13.7. The lowest BCUT2D eigenvalue weighted by Crippen LogP contribution is -2.19. The minimum absolute atomic E-state index is 0.594. The number of hydrogen-bond acceptors (Lipinski definition) is 1. The molecule has 1 aliphatic rings. The van der Waals surface area contributed by atoms with E-state index in [1.807, 2.05) is 0 Å². The lowest BCUT2D eigenvalue weighted by atomic mass is 9.90. The first kappa shape index (κ1) is 19.8. The van der Waals surface area contributed by atoms with Gasteiger partial charge in [0.25, 0.3) is 0 Å². The highest BCUT2D eigenvalue weighted by molar-refractivity contribution is 7.79. The van der Waals surface area contributed by atoms with Gasteiger partial charge in [-0.25, -0.2) is 0 Å². The summed E-state index contributed by atoms with van der Waals surface area (Å²) < 4.78 is 15.1. The van der Waals surface area contributed by atoms with Crippen molar-refractivity contribution in [2.24, 2.45) is 0 Å². The molecule has 0 unspecified atom stereocenters. The molecule has 0 bridgehead atoms.